The van der Waals surface area contributed by atoms with Crippen LogP contribution in [0.3, 0.4) is 0 Å². The third-order valence-corrected chi connectivity index (χ3v) is 0.604. The highest BCUT2D eigenvalue weighted by Crippen LogP contribution is 1.81. The molecule has 46 valence electrons. The molecule has 0 fully saturated rings. The summed E-state index contributed by atoms with van der Waals surface area (Å²) in [4.78, 5) is 0. The Morgan fingerprint density at radius 3 is 1.88 bits per heavy atom. The Kier molecular flexibility index (Phi) is 3.56. The minimum absolute atomic E-state index is 0.120. The number of nitrogens with zero attached hydrogens (tertiary/aromatic N) is 2. The Balaban J connectivity index is 3.47. The third kappa shape index (κ3) is 3.14. The number of oxime groups is 2. The number of rotatable bonds is 2. The summed E-state index contributed by atoms with van der Waals surface area (Å²) >= 11 is 0. The van der Waals surface area contributed by atoms with Gasteiger partial charge in [0, 0.05) is 5.92 Å². The summed E-state index contributed by atoms with van der Waals surface area (Å²) in [6.07, 6.45) is 2.50. The van der Waals surface area contributed by atoms with Gasteiger partial charge in [0.25, 0.3) is 0 Å². The minimum Gasteiger partial charge on any atom is -0.411 e. The Bertz CT molecular complexity index is 88.2. The Labute approximate surface area is 47.1 Å². The molecule has 0 aromatic heterocycles. The highest BCUT2D eigenvalue weighted by atomic mass is 16.4. The molecule has 0 saturated heterocycles. The normalized spacial score (nSPS) is 15.6. The Morgan fingerprint density at radius 1 is 1.25 bits per heavy atom. The van der Waals surface area contributed by atoms with E-state index >= 15 is 0 Å². The lowest BCUT2D eigenvalue weighted by molar-refractivity contribution is 0.316. The van der Waals surface area contributed by atoms with E-state index in [1.54, 1.807) is 6.92 Å². The third-order valence-electron chi connectivity index (χ3n) is 0.604. The molecule has 4 nitrogen and oxygen atoms in total. The van der Waals surface area contributed by atoms with Crippen LogP contribution in [-0.2, 0) is 0 Å². The molecule has 0 aliphatic heterocycles. The van der Waals surface area contributed by atoms with Gasteiger partial charge in [-0.25, -0.2) is 0 Å². The molecule has 0 aliphatic rings. The predicted octanol–water partition coefficient (Wildman–Crippen LogP) is 0.542. The molecule has 4 heteroatoms. The van der Waals surface area contributed by atoms with Crippen LogP contribution in [0.4, 0.5) is 0 Å². The molecule has 0 aromatic rings. The van der Waals surface area contributed by atoms with E-state index in [2.05, 4.69) is 10.3 Å². The van der Waals surface area contributed by atoms with Crippen LogP contribution in [-0.4, -0.2) is 22.8 Å². The maximum Gasteiger partial charge on any atom is 0.0518 e. The minimum atomic E-state index is -0.120. The molecule has 0 amide bonds. The van der Waals surface area contributed by atoms with Crippen molar-refractivity contribution >= 4 is 12.4 Å². The summed E-state index contributed by atoms with van der Waals surface area (Å²) in [6.45, 7) is 1.72. The fourth-order valence-electron chi connectivity index (χ4n) is 0.249. The first-order chi connectivity index (χ1) is 3.81. The van der Waals surface area contributed by atoms with E-state index in [-0.39, 0.29) is 5.92 Å². The van der Waals surface area contributed by atoms with Crippen LogP contribution in [0, 0.1) is 5.92 Å². The van der Waals surface area contributed by atoms with Crippen LogP contribution in [0.5, 0.6) is 0 Å². The molecule has 0 bridgehead atoms. The quantitative estimate of drug-likeness (QED) is 0.314. The lowest BCUT2D eigenvalue weighted by atomic mass is 10.2. The van der Waals surface area contributed by atoms with Gasteiger partial charge in [-0.2, -0.15) is 0 Å². The molecule has 0 radical (unpaired) electrons. The summed E-state index contributed by atoms with van der Waals surface area (Å²) in [7, 11) is 0. The predicted molar refractivity (Wildman–Crippen MR) is 29.7 cm³/mol. The summed E-state index contributed by atoms with van der Waals surface area (Å²) in [5.41, 5.74) is 0. The SMILES string of the molecule is CC(C=NO)C=NO. The maximum absolute atomic E-state index is 7.89. The molecule has 0 unspecified atom stereocenters. The van der Waals surface area contributed by atoms with E-state index in [4.69, 9.17) is 10.4 Å². The highest BCUT2D eigenvalue weighted by Gasteiger charge is 1.88. The zero-order valence-electron chi connectivity index (χ0n) is 4.52. The Morgan fingerprint density at radius 2 is 1.62 bits per heavy atom. The van der Waals surface area contributed by atoms with Crippen LogP contribution in [0.1, 0.15) is 6.92 Å². The van der Waals surface area contributed by atoms with E-state index < -0.39 is 0 Å². The highest BCUT2D eigenvalue weighted by molar-refractivity contribution is 5.82. The van der Waals surface area contributed by atoms with Gasteiger partial charge in [0.1, 0.15) is 0 Å². The van der Waals surface area contributed by atoms with E-state index in [9.17, 15) is 0 Å². The number of hydrogen-bond acceptors (Lipinski definition) is 4. The van der Waals surface area contributed by atoms with Crippen molar-refractivity contribution in [1.82, 2.24) is 0 Å². The van der Waals surface area contributed by atoms with Gasteiger partial charge in [-0.1, -0.05) is 6.92 Å². The molecule has 0 heterocycles. The second-order valence-corrected chi connectivity index (χ2v) is 1.39. The molecule has 0 saturated carbocycles. The van der Waals surface area contributed by atoms with Crippen LogP contribution in [0.15, 0.2) is 10.3 Å². The maximum atomic E-state index is 7.89. The van der Waals surface area contributed by atoms with Gasteiger partial charge < -0.3 is 10.4 Å². The van der Waals surface area contributed by atoms with Crippen molar-refractivity contribution in [3.8, 4) is 0 Å². The van der Waals surface area contributed by atoms with Gasteiger partial charge in [-0.15, -0.1) is 10.3 Å². The fourth-order valence-corrected chi connectivity index (χ4v) is 0.249. The van der Waals surface area contributed by atoms with E-state index in [1.807, 2.05) is 0 Å². The lowest BCUT2D eigenvalue weighted by Crippen LogP contribution is -1.95. The van der Waals surface area contributed by atoms with Crippen molar-refractivity contribution in [2.75, 3.05) is 0 Å². The molecular formula is C4H8N2O2. The van der Waals surface area contributed by atoms with E-state index in [0.717, 1.165) is 0 Å². The first-order valence-electron chi connectivity index (χ1n) is 2.16. The van der Waals surface area contributed by atoms with Crippen LogP contribution in [0.25, 0.3) is 0 Å². The first-order valence-corrected chi connectivity index (χ1v) is 2.16. The largest absolute Gasteiger partial charge is 0.411 e. The van der Waals surface area contributed by atoms with E-state index in [0.29, 0.717) is 0 Å². The summed E-state index contributed by atoms with van der Waals surface area (Å²) in [6, 6.07) is 0. The molecule has 8 heavy (non-hydrogen) atoms. The molecule has 0 aliphatic carbocycles. The van der Waals surface area contributed by atoms with Gasteiger partial charge in [0.05, 0.1) is 12.4 Å². The average molecular weight is 116 g/mol. The van der Waals surface area contributed by atoms with Crippen molar-refractivity contribution in [2.24, 2.45) is 16.2 Å². The van der Waals surface area contributed by atoms with Gasteiger partial charge >= 0.3 is 0 Å². The summed E-state index contributed by atoms with van der Waals surface area (Å²) in [5.74, 6) is -0.120. The van der Waals surface area contributed by atoms with Crippen molar-refractivity contribution < 1.29 is 10.4 Å². The van der Waals surface area contributed by atoms with Gasteiger partial charge in [-0.05, 0) is 0 Å². The second kappa shape index (κ2) is 4.11. The zero-order valence-corrected chi connectivity index (χ0v) is 4.52. The van der Waals surface area contributed by atoms with Crippen molar-refractivity contribution in [3.63, 3.8) is 0 Å². The molecule has 0 atom stereocenters. The zero-order chi connectivity index (χ0) is 6.41. The van der Waals surface area contributed by atoms with Crippen LogP contribution < -0.4 is 0 Å². The molecule has 2 N–H and O–H groups in total. The summed E-state index contributed by atoms with van der Waals surface area (Å²) in [5, 5.41) is 21.2. The monoisotopic (exact) mass is 116 g/mol. The second-order valence-electron chi connectivity index (χ2n) is 1.39. The van der Waals surface area contributed by atoms with Crippen LogP contribution >= 0.6 is 0 Å². The first kappa shape index (κ1) is 6.94. The van der Waals surface area contributed by atoms with Crippen molar-refractivity contribution in [2.45, 2.75) is 6.92 Å². The molecule has 0 aromatic carbocycles. The van der Waals surface area contributed by atoms with Gasteiger partial charge in [0.15, 0.2) is 0 Å². The topological polar surface area (TPSA) is 65.2 Å². The van der Waals surface area contributed by atoms with Gasteiger partial charge in [-0.3, -0.25) is 0 Å². The van der Waals surface area contributed by atoms with E-state index in [1.165, 1.54) is 12.4 Å². The average Bonchev–Trinajstić information content (AvgIpc) is 1.68. The Hall–Kier alpha value is -1.06. The molecular weight excluding hydrogens is 108 g/mol. The number of hydrogen-bond donors (Lipinski definition) is 2. The molecule has 0 rings (SSSR count). The van der Waals surface area contributed by atoms with Gasteiger partial charge in [0.2, 0.25) is 0 Å². The smallest absolute Gasteiger partial charge is 0.0518 e. The van der Waals surface area contributed by atoms with Crippen molar-refractivity contribution in [3.05, 3.63) is 0 Å². The summed E-state index contributed by atoms with van der Waals surface area (Å²) < 4.78 is 0. The standard InChI is InChI=1S/C4H8N2O2/c1-4(2-5-7)3-6-8/h2-4,7-8H,1H3. The lowest BCUT2D eigenvalue weighted by Gasteiger charge is -1.87. The van der Waals surface area contributed by atoms with Crippen LogP contribution in [0.2, 0.25) is 0 Å². The fraction of sp³-hybridized carbons (Fsp3) is 0.500. The van der Waals surface area contributed by atoms with Crippen molar-refractivity contribution in [1.29, 1.82) is 0 Å². The molecule has 0 spiro atoms.